The lowest BCUT2D eigenvalue weighted by Crippen LogP contribution is -2.48. The average Bonchev–Trinajstić information content (AvgIpc) is 3.17. The number of aromatic nitrogens is 1. The number of aryl methyl sites for hydroxylation is 1. The Morgan fingerprint density at radius 2 is 2.23 bits per heavy atom. The van der Waals surface area contributed by atoms with Crippen LogP contribution in [0.2, 0.25) is 0 Å². The molecule has 1 amide bonds. The van der Waals surface area contributed by atoms with Gasteiger partial charge in [-0.2, -0.15) is 0 Å². The van der Waals surface area contributed by atoms with Gasteiger partial charge in [0.2, 0.25) is 5.91 Å². The largest absolute Gasteiger partial charge is 0.340 e. The fourth-order valence-electron chi connectivity index (χ4n) is 3.32. The predicted molar refractivity (Wildman–Crippen MR) is 89.0 cm³/mol. The maximum atomic E-state index is 12.3. The molecule has 3 rings (SSSR count). The molecule has 1 aromatic rings. The molecule has 0 aliphatic carbocycles. The van der Waals surface area contributed by atoms with Crippen molar-refractivity contribution in [1.82, 2.24) is 20.1 Å². The first-order valence-electron chi connectivity index (χ1n) is 8.35. The summed E-state index contributed by atoms with van der Waals surface area (Å²) in [5.41, 5.74) is 1.16. The van der Waals surface area contributed by atoms with Crippen LogP contribution in [-0.2, 0) is 11.3 Å². The van der Waals surface area contributed by atoms with Crippen LogP contribution in [0.5, 0.6) is 0 Å². The van der Waals surface area contributed by atoms with Crippen molar-refractivity contribution in [2.75, 3.05) is 32.7 Å². The van der Waals surface area contributed by atoms with Gasteiger partial charge in [0, 0.05) is 50.6 Å². The number of carbonyl (C=O) groups is 1. The summed E-state index contributed by atoms with van der Waals surface area (Å²) >= 11 is 1.71. The molecule has 1 N–H and O–H groups in total. The number of nitrogens with zero attached hydrogens (tertiary/aromatic N) is 3. The minimum Gasteiger partial charge on any atom is -0.340 e. The molecule has 1 aromatic heterocycles. The highest BCUT2D eigenvalue weighted by atomic mass is 32.1. The van der Waals surface area contributed by atoms with Crippen LogP contribution in [0.1, 0.15) is 36.4 Å². The fourth-order valence-corrected chi connectivity index (χ4v) is 3.93. The van der Waals surface area contributed by atoms with Crippen molar-refractivity contribution < 1.29 is 4.79 Å². The highest BCUT2D eigenvalue weighted by Crippen LogP contribution is 2.15. The van der Waals surface area contributed by atoms with E-state index in [0.29, 0.717) is 18.4 Å². The number of carbonyl (C=O) groups excluding carboxylic acids is 1. The van der Waals surface area contributed by atoms with Crippen molar-refractivity contribution in [1.29, 1.82) is 0 Å². The lowest BCUT2D eigenvalue weighted by molar-refractivity contribution is -0.133. The molecular formula is C16H26N4OS. The van der Waals surface area contributed by atoms with Gasteiger partial charge in [-0.15, -0.1) is 11.3 Å². The summed E-state index contributed by atoms with van der Waals surface area (Å²) < 4.78 is 0. The van der Waals surface area contributed by atoms with Gasteiger partial charge in [-0.1, -0.05) is 0 Å². The first kappa shape index (κ1) is 15.9. The molecule has 2 fully saturated rings. The number of amides is 1. The molecule has 1 atom stereocenters. The second-order valence-electron chi connectivity index (χ2n) is 6.35. The van der Waals surface area contributed by atoms with Crippen molar-refractivity contribution in [3.8, 4) is 0 Å². The summed E-state index contributed by atoms with van der Waals surface area (Å²) in [5.74, 6) is 0.331. The van der Waals surface area contributed by atoms with Gasteiger partial charge in [0.05, 0.1) is 10.7 Å². The van der Waals surface area contributed by atoms with E-state index < -0.39 is 0 Å². The Labute approximate surface area is 136 Å². The second-order valence-corrected chi connectivity index (χ2v) is 7.41. The Bertz CT molecular complexity index is 490. The first-order chi connectivity index (χ1) is 10.7. The van der Waals surface area contributed by atoms with E-state index in [4.69, 9.17) is 0 Å². The van der Waals surface area contributed by atoms with Crippen molar-refractivity contribution in [2.24, 2.45) is 0 Å². The van der Waals surface area contributed by atoms with Crippen LogP contribution in [0.3, 0.4) is 0 Å². The summed E-state index contributed by atoms with van der Waals surface area (Å²) in [6.45, 7) is 7.73. The molecule has 6 heteroatoms. The third kappa shape index (κ3) is 4.27. The SMILES string of the molecule is Cc1nc(CN2CCN(C(=O)CCC3CCCN3)CC2)cs1. The zero-order chi connectivity index (χ0) is 15.4. The first-order valence-corrected chi connectivity index (χ1v) is 9.23. The lowest BCUT2D eigenvalue weighted by Gasteiger charge is -2.34. The fraction of sp³-hybridized carbons (Fsp3) is 0.750. The van der Waals surface area contributed by atoms with Gasteiger partial charge in [0.1, 0.15) is 0 Å². The highest BCUT2D eigenvalue weighted by molar-refractivity contribution is 7.09. The summed E-state index contributed by atoms with van der Waals surface area (Å²) in [4.78, 5) is 21.3. The zero-order valence-corrected chi connectivity index (χ0v) is 14.2. The van der Waals surface area contributed by atoms with Crippen LogP contribution in [0.25, 0.3) is 0 Å². The Morgan fingerprint density at radius 3 is 2.86 bits per heavy atom. The van der Waals surface area contributed by atoms with E-state index in [9.17, 15) is 4.79 Å². The molecule has 122 valence electrons. The molecule has 2 aliphatic rings. The van der Waals surface area contributed by atoms with Gasteiger partial charge >= 0.3 is 0 Å². The number of hydrogen-bond acceptors (Lipinski definition) is 5. The summed E-state index contributed by atoms with van der Waals surface area (Å²) in [6, 6.07) is 0.568. The standard InChI is InChI=1S/C16H26N4OS/c1-13-18-15(12-22-13)11-19-7-9-20(10-8-19)16(21)5-4-14-3-2-6-17-14/h12,14,17H,2-11H2,1H3. The third-order valence-electron chi connectivity index (χ3n) is 4.65. The number of hydrogen-bond donors (Lipinski definition) is 1. The molecule has 3 heterocycles. The van der Waals surface area contributed by atoms with Gasteiger partial charge in [-0.25, -0.2) is 4.98 Å². The zero-order valence-electron chi connectivity index (χ0n) is 13.4. The maximum Gasteiger partial charge on any atom is 0.222 e. The maximum absolute atomic E-state index is 12.3. The van der Waals surface area contributed by atoms with E-state index in [0.717, 1.165) is 56.4 Å². The molecule has 0 spiro atoms. The molecule has 0 bridgehead atoms. The summed E-state index contributed by atoms with van der Waals surface area (Å²) in [7, 11) is 0. The molecule has 22 heavy (non-hydrogen) atoms. The van der Waals surface area contributed by atoms with Crippen LogP contribution >= 0.6 is 11.3 Å². The minimum atomic E-state index is 0.331. The Morgan fingerprint density at radius 1 is 1.41 bits per heavy atom. The Kier molecular flexibility index (Phi) is 5.44. The monoisotopic (exact) mass is 322 g/mol. The van der Waals surface area contributed by atoms with Gasteiger partial charge in [0.15, 0.2) is 0 Å². The van der Waals surface area contributed by atoms with Crippen molar-refractivity contribution in [3.63, 3.8) is 0 Å². The number of piperazine rings is 1. The van der Waals surface area contributed by atoms with Gasteiger partial charge in [0.25, 0.3) is 0 Å². The molecule has 5 nitrogen and oxygen atoms in total. The Balaban J connectivity index is 1.38. The molecule has 2 aliphatic heterocycles. The number of thiazole rings is 1. The normalized spacial score (nSPS) is 23.1. The molecule has 0 aromatic carbocycles. The molecule has 1 unspecified atom stereocenters. The van der Waals surface area contributed by atoms with Gasteiger partial charge < -0.3 is 10.2 Å². The Hall–Kier alpha value is -0.980. The van der Waals surface area contributed by atoms with Crippen molar-refractivity contribution in [2.45, 2.75) is 45.2 Å². The average molecular weight is 322 g/mol. The topological polar surface area (TPSA) is 48.5 Å². The van der Waals surface area contributed by atoms with E-state index in [1.807, 2.05) is 11.8 Å². The van der Waals surface area contributed by atoms with E-state index in [2.05, 4.69) is 20.6 Å². The quantitative estimate of drug-likeness (QED) is 0.895. The van der Waals surface area contributed by atoms with Crippen LogP contribution in [0, 0.1) is 6.92 Å². The molecule has 2 saturated heterocycles. The van der Waals surface area contributed by atoms with Gasteiger partial charge in [-0.05, 0) is 32.7 Å². The van der Waals surface area contributed by atoms with Crippen LogP contribution < -0.4 is 5.32 Å². The van der Waals surface area contributed by atoms with Crippen molar-refractivity contribution in [3.05, 3.63) is 16.1 Å². The second kappa shape index (κ2) is 7.53. The lowest BCUT2D eigenvalue weighted by atomic mass is 10.1. The summed E-state index contributed by atoms with van der Waals surface area (Å²) in [5, 5.41) is 6.74. The van der Waals surface area contributed by atoms with E-state index in [1.165, 1.54) is 12.8 Å². The van der Waals surface area contributed by atoms with Crippen LogP contribution in [-0.4, -0.2) is 59.5 Å². The molecule has 0 radical (unpaired) electrons. The predicted octanol–water partition coefficient (Wildman–Crippen LogP) is 1.63. The molecule has 0 saturated carbocycles. The van der Waals surface area contributed by atoms with E-state index in [-0.39, 0.29) is 0 Å². The van der Waals surface area contributed by atoms with E-state index >= 15 is 0 Å². The molecular weight excluding hydrogens is 296 g/mol. The summed E-state index contributed by atoms with van der Waals surface area (Å²) in [6.07, 6.45) is 4.18. The highest BCUT2D eigenvalue weighted by Gasteiger charge is 2.23. The van der Waals surface area contributed by atoms with Crippen molar-refractivity contribution >= 4 is 17.2 Å². The van der Waals surface area contributed by atoms with Crippen LogP contribution in [0.4, 0.5) is 0 Å². The van der Waals surface area contributed by atoms with Crippen LogP contribution in [0.15, 0.2) is 5.38 Å². The minimum absolute atomic E-state index is 0.331. The number of nitrogens with one attached hydrogen (secondary N) is 1. The van der Waals surface area contributed by atoms with Gasteiger partial charge in [-0.3, -0.25) is 9.69 Å². The van der Waals surface area contributed by atoms with E-state index in [1.54, 1.807) is 11.3 Å². The smallest absolute Gasteiger partial charge is 0.222 e. The number of rotatable bonds is 5. The third-order valence-corrected chi connectivity index (χ3v) is 5.47.